The Morgan fingerprint density at radius 3 is 2.18 bits per heavy atom. The van der Waals surface area contributed by atoms with Crippen LogP contribution in [0.2, 0.25) is 0 Å². The van der Waals surface area contributed by atoms with Gasteiger partial charge in [-0.2, -0.15) is 0 Å². The number of carbonyl (C=O) groups excluding carboxylic acids is 3. The molecule has 28 heavy (non-hydrogen) atoms. The number of nitrogens with one attached hydrogen (secondary N) is 1. The highest BCUT2D eigenvalue weighted by Gasteiger charge is 2.15. The van der Waals surface area contributed by atoms with Crippen LogP contribution in [0, 0.1) is 6.92 Å². The molecule has 2 aromatic carbocycles. The molecule has 8 heteroatoms. The second kappa shape index (κ2) is 9.86. The van der Waals surface area contributed by atoms with E-state index in [-0.39, 0.29) is 23.4 Å². The van der Waals surface area contributed by atoms with E-state index in [9.17, 15) is 14.4 Å². The number of rotatable bonds is 7. The van der Waals surface area contributed by atoms with Gasteiger partial charge in [-0.25, -0.2) is 9.59 Å². The molecule has 0 aromatic heterocycles. The summed E-state index contributed by atoms with van der Waals surface area (Å²) >= 11 is 0. The predicted octanol–water partition coefficient (Wildman–Crippen LogP) is 2.56. The fraction of sp³-hybridized carbons (Fsp3) is 0.200. The molecule has 0 aliphatic carbocycles. The van der Waals surface area contributed by atoms with Crippen molar-refractivity contribution in [2.75, 3.05) is 26.1 Å². The SMILES string of the molecule is COC(=O)c1cc(NC(=O)CO/N=C/c2ccccc2C)cc(C(=O)OC)c1. The molecule has 0 radical (unpaired) electrons. The Kier molecular flexibility index (Phi) is 7.27. The maximum atomic E-state index is 12.0. The number of carbonyl (C=O) groups is 3. The fourth-order valence-electron chi connectivity index (χ4n) is 2.29. The highest BCUT2D eigenvalue weighted by atomic mass is 16.6. The van der Waals surface area contributed by atoms with Crippen LogP contribution in [0.5, 0.6) is 0 Å². The number of oxime groups is 1. The summed E-state index contributed by atoms with van der Waals surface area (Å²) in [5, 5.41) is 6.31. The molecule has 0 heterocycles. The molecule has 0 saturated heterocycles. The third kappa shape index (κ3) is 5.66. The Labute approximate surface area is 162 Å². The number of hydrogen-bond acceptors (Lipinski definition) is 7. The molecule has 1 amide bonds. The van der Waals surface area contributed by atoms with Crippen molar-refractivity contribution in [1.29, 1.82) is 0 Å². The number of amides is 1. The van der Waals surface area contributed by atoms with E-state index >= 15 is 0 Å². The predicted molar refractivity (Wildman–Crippen MR) is 102 cm³/mol. The maximum Gasteiger partial charge on any atom is 0.337 e. The van der Waals surface area contributed by atoms with Gasteiger partial charge in [-0.05, 0) is 36.2 Å². The molecule has 0 atom stereocenters. The van der Waals surface area contributed by atoms with Crippen LogP contribution in [0.15, 0.2) is 47.6 Å². The second-order valence-electron chi connectivity index (χ2n) is 5.69. The highest BCUT2D eigenvalue weighted by Crippen LogP contribution is 2.17. The van der Waals surface area contributed by atoms with Gasteiger partial charge in [0.05, 0.1) is 31.6 Å². The molecular formula is C20H20N2O6. The molecule has 146 valence electrons. The standard InChI is InChI=1S/C20H20N2O6/c1-13-6-4-5-7-14(13)11-21-28-12-18(23)22-17-9-15(19(24)26-2)8-16(10-17)20(25)27-3/h4-11H,12H2,1-3H3,(H,22,23)/b21-11+. The van der Waals surface area contributed by atoms with Gasteiger partial charge in [0, 0.05) is 5.69 Å². The number of aryl methyl sites for hydroxylation is 1. The fourth-order valence-corrected chi connectivity index (χ4v) is 2.29. The van der Waals surface area contributed by atoms with Crippen molar-refractivity contribution in [1.82, 2.24) is 0 Å². The van der Waals surface area contributed by atoms with Crippen LogP contribution < -0.4 is 5.32 Å². The molecule has 0 unspecified atom stereocenters. The zero-order valence-corrected chi connectivity index (χ0v) is 15.7. The zero-order chi connectivity index (χ0) is 20.5. The number of hydrogen-bond donors (Lipinski definition) is 1. The first-order chi connectivity index (χ1) is 13.4. The monoisotopic (exact) mass is 384 g/mol. The van der Waals surface area contributed by atoms with E-state index < -0.39 is 17.8 Å². The lowest BCUT2D eigenvalue weighted by molar-refractivity contribution is -0.120. The van der Waals surface area contributed by atoms with Crippen molar-refractivity contribution in [3.05, 3.63) is 64.7 Å². The first kappa shape index (κ1) is 20.6. The Morgan fingerprint density at radius 1 is 1.00 bits per heavy atom. The Morgan fingerprint density at radius 2 is 1.61 bits per heavy atom. The summed E-state index contributed by atoms with van der Waals surface area (Å²) in [5.41, 5.74) is 2.31. The topological polar surface area (TPSA) is 103 Å². The summed E-state index contributed by atoms with van der Waals surface area (Å²) in [7, 11) is 2.43. The Balaban J connectivity index is 2.03. The van der Waals surface area contributed by atoms with Crippen molar-refractivity contribution < 1.29 is 28.7 Å². The van der Waals surface area contributed by atoms with Gasteiger partial charge in [0.2, 0.25) is 0 Å². The molecule has 0 aliphatic rings. The van der Waals surface area contributed by atoms with Crippen molar-refractivity contribution in [2.24, 2.45) is 5.16 Å². The van der Waals surface area contributed by atoms with E-state index in [1.54, 1.807) is 0 Å². The lowest BCUT2D eigenvalue weighted by Crippen LogP contribution is -2.18. The molecule has 2 aromatic rings. The minimum Gasteiger partial charge on any atom is -0.465 e. The summed E-state index contributed by atoms with van der Waals surface area (Å²) in [4.78, 5) is 40.6. The second-order valence-corrected chi connectivity index (χ2v) is 5.69. The normalized spacial score (nSPS) is 10.4. The highest BCUT2D eigenvalue weighted by molar-refractivity contribution is 5.99. The van der Waals surface area contributed by atoms with E-state index in [0.29, 0.717) is 0 Å². The lowest BCUT2D eigenvalue weighted by atomic mass is 10.1. The van der Waals surface area contributed by atoms with Crippen LogP contribution >= 0.6 is 0 Å². The molecule has 0 fully saturated rings. The van der Waals surface area contributed by atoms with Crippen molar-refractivity contribution >= 4 is 29.7 Å². The molecule has 2 rings (SSSR count). The lowest BCUT2D eigenvalue weighted by Gasteiger charge is -2.09. The number of benzene rings is 2. The van der Waals surface area contributed by atoms with Crippen LogP contribution in [-0.4, -0.2) is 44.9 Å². The smallest absolute Gasteiger partial charge is 0.337 e. The largest absolute Gasteiger partial charge is 0.465 e. The van der Waals surface area contributed by atoms with Crippen molar-refractivity contribution in [2.45, 2.75) is 6.92 Å². The summed E-state index contributed by atoms with van der Waals surface area (Å²) in [6, 6.07) is 11.7. The average Bonchev–Trinajstić information content (AvgIpc) is 2.70. The number of anilines is 1. The zero-order valence-electron chi connectivity index (χ0n) is 15.7. The summed E-state index contributed by atoms with van der Waals surface area (Å²) in [5.74, 6) is -1.82. The first-order valence-electron chi connectivity index (χ1n) is 8.27. The van der Waals surface area contributed by atoms with Gasteiger partial charge in [-0.3, -0.25) is 4.79 Å². The van der Waals surface area contributed by atoms with Gasteiger partial charge < -0.3 is 19.6 Å². The summed E-state index contributed by atoms with van der Waals surface area (Å²) < 4.78 is 9.30. The van der Waals surface area contributed by atoms with Gasteiger partial charge in [0.15, 0.2) is 6.61 Å². The van der Waals surface area contributed by atoms with Crippen molar-refractivity contribution in [3.63, 3.8) is 0 Å². The summed E-state index contributed by atoms with van der Waals surface area (Å²) in [6.07, 6.45) is 1.51. The van der Waals surface area contributed by atoms with Gasteiger partial charge in [0.1, 0.15) is 0 Å². The molecular weight excluding hydrogens is 364 g/mol. The Bertz CT molecular complexity index is 873. The van der Waals surface area contributed by atoms with Crippen LogP contribution in [-0.2, 0) is 19.1 Å². The van der Waals surface area contributed by atoms with E-state index in [0.717, 1.165) is 11.1 Å². The molecule has 1 N–H and O–H groups in total. The van der Waals surface area contributed by atoms with E-state index in [1.807, 2.05) is 31.2 Å². The van der Waals surface area contributed by atoms with Crippen LogP contribution in [0.4, 0.5) is 5.69 Å². The molecule has 0 aliphatic heterocycles. The van der Waals surface area contributed by atoms with Crippen LogP contribution in [0.25, 0.3) is 0 Å². The Hall–Kier alpha value is -3.68. The van der Waals surface area contributed by atoms with Gasteiger partial charge >= 0.3 is 11.9 Å². The van der Waals surface area contributed by atoms with Gasteiger partial charge in [0.25, 0.3) is 5.91 Å². The quantitative estimate of drug-likeness (QED) is 0.447. The van der Waals surface area contributed by atoms with Crippen LogP contribution in [0.3, 0.4) is 0 Å². The maximum absolute atomic E-state index is 12.0. The van der Waals surface area contributed by atoms with E-state index in [1.165, 1.54) is 38.6 Å². The third-order valence-corrected chi connectivity index (χ3v) is 3.71. The van der Waals surface area contributed by atoms with E-state index in [4.69, 9.17) is 4.84 Å². The minimum atomic E-state index is -0.652. The molecule has 8 nitrogen and oxygen atoms in total. The number of methoxy groups -OCH3 is 2. The van der Waals surface area contributed by atoms with E-state index in [2.05, 4.69) is 19.9 Å². The minimum absolute atomic E-state index is 0.0965. The summed E-state index contributed by atoms with van der Waals surface area (Å²) in [6.45, 7) is 1.58. The van der Waals surface area contributed by atoms with Gasteiger partial charge in [-0.1, -0.05) is 29.4 Å². The first-order valence-corrected chi connectivity index (χ1v) is 8.27. The van der Waals surface area contributed by atoms with Crippen LogP contribution in [0.1, 0.15) is 31.8 Å². The molecule has 0 spiro atoms. The number of nitrogens with zero attached hydrogens (tertiary/aromatic N) is 1. The van der Waals surface area contributed by atoms with Crippen molar-refractivity contribution in [3.8, 4) is 0 Å². The number of ether oxygens (including phenoxy) is 2. The average molecular weight is 384 g/mol. The number of esters is 2. The van der Waals surface area contributed by atoms with Gasteiger partial charge in [-0.15, -0.1) is 0 Å². The third-order valence-electron chi connectivity index (χ3n) is 3.71. The molecule has 0 saturated carbocycles. The molecule has 0 bridgehead atoms.